The van der Waals surface area contributed by atoms with Crippen LogP contribution in [0.5, 0.6) is 0 Å². The largest absolute Gasteiger partial charge is 0.391 e. The predicted octanol–water partition coefficient (Wildman–Crippen LogP) is 4.17. The summed E-state index contributed by atoms with van der Waals surface area (Å²) in [5.41, 5.74) is 9.68. The predicted molar refractivity (Wildman–Crippen MR) is 99.0 cm³/mol. The number of hydrogen-bond acceptors (Lipinski definition) is 2. The fourth-order valence-corrected chi connectivity index (χ4v) is 2.95. The molecule has 2 atom stereocenters. The number of hydrogen-bond donors (Lipinski definition) is 2. The van der Waals surface area contributed by atoms with Crippen molar-refractivity contribution in [1.82, 2.24) is 0 Å². The Balaban J connectivity index is 0.00000192. The van der Waals surface area contributed by atoms with Crippen molar-refractivity contribution in [3.63, 3.8) is 0 Å². The molecule has 0 aliphatic carbocycles. The molecule has 0 saturated heterocycles. The van der Waals surface area contributed by atoms with Crippen LogP contribution in [0.1, 0.15) is 22.7 Å². The van der Waals surface area contributed by atoms with Crippen LogP contribution in [0.3, 0.4) is 0 Å². The highest BCUT2D eigenvalue weighted by molar-refractivity contribution is 5.89. The smallest absolute Gasteiger partial charge is 0.0773 e. The van der Waals surface area contributed by atoms with Gasteiger partial charge in [0, 0.05) is 6.42 Å². The van der Waals surface area contributed by atoms with Gasteiger partial charge < -0.3 is 10.8 Å². The molecule has 0 heterocycles. The van der Waals surface area contributed by atoms with Gasteiger partial charge in [0.05, 0.1) is 12.1 Å². The Kier molecular flexibility index (Phi) is 5.78. The van der Waals surface area contributed by atoms with E-state index in [4.69, 9.17) is 5.73 Å². The standard InChI is InChI=1S/C20H21NO.ClH/c1-14-11-12-18(17-10-6-5-9-16(14)17)20(21)19(22)13-15-7-3-2-4-8-15;/h2-12,19-20,22H,13,21H2,1H3;1H/t19-,20+;/m1./s1. The fourth-order valence-electron chi connectivity index (χ4n) is 2.95. The number of halogens is 1. The SMILES string of the molecule is Cc1ccc([C@H](N)[C@H](O)Cc2ccccc2)c2ccccc12.Cl. The van der Waals surface area contributed by atoms with Crippen molar-refractivity contribution in [2.75, 3.05) is 0 Å². The zero-order valence-electron chi connectivity index (χ0n) is 13.1. The van der Waals surface area contributed by atoms with Crippen LogP contribution in [0.4, 0.5) is 0 Å². The van der Waals surface area contributed by atoms with E-state index in [0.29, 0.717) is 6.42 Å². The Morgan fingerprint density at radius 3 is 2.17 bits per heavy atom. The quantitative estimate of drug-likeness (QED) is 0.755. The van der Waals surface area contributed by atoms with Crippen LogP contribution in [-0.4, -0.2) is 11.2 Å². The van der Waals surface area contributed by atoms with Crippen LogP contribution in [-0.2, 0) is 6.42 Å². The van der Waals surface area contributed by atoms with Crippen molar-refractivity contribution in [3.8, 4) is 0 Å². The Bertz CT molecular complexity index is 773. The minimum atomic E-state index is -0.603. The first-order chi connectivity index (χ1) is 10.7. The van der Waals surface area contributed by atoms with Gasteiger partial charge in [0.2, 0.25) is 0 Å². The lowest BCUT2D eigenvalue weighted by Crippen LogP contribution is -2.28. The van der Waals surface area contributed by atoms with E-state index in [9.17, 15) is 5.11 Å². The molecule has 0 aliphatic rings. The van der Waals surface area contributed by atoms with E-state index in [1.807, 2.05) is 48.5 Å². The monoisotopic (exact) mass is 327 g/mol. The molecule has 3 aromatic rings. The molecule has 0 spiro atoms. The summed E-state index contributed by atoms with van der Waals surface area (Å²) >= 11 is 0. The van der Waals surface area contributed by atoms with Gasteiger partial charge in [-0.2, -0.15) is 0 Å². The van der Waals surface area contributed by atoms with Gasteiger partial charge in [-0.15, -0.1) is 12.4 Å². The molecule has 0 bridgehead atoms. The summed E-state index contributed by atoms with van der Waals surface area (Å²) in [7, 11) is 0. The average molecular weight is 328 g/mol. The van der Waals surface area contributed by atoms with Gasteiger partial charge in [0.1, 0.15) is 0 Å². The van der Waals surface area contributed by atoms with Crippen LogP contribution >= 0.6 is 12.4 Å². The summed E-state index contributed by atoms with van der Waals surface area (Å²) in [6, 6.07) is 21.9. The van der Waals surface area contributed by atoms with E-state index >= 15 is 0 Å². The normalized spacial score (nSPS) is 13.3. The molecule has 3 N–H and O–H groups in total. The van der Waals surface area contributed by atoms with Crippen molar-refractivity contribution in [2.24, 2.45) is 5.73 Å². The number of nitrogens with two attached hydrogens (primary N) is 1. The molecule has 23 heavy (non-hydrogen) atoms. The molecule has 0 aromatic heterocycles. The average Bonchev–Trinajstić information content (AvgIpc) is 2.56. The minimum absolute atomic E-state index is 0. The maximum atomic E-state index is 10.5. The molecular formula is C20H22ClNO. The molecule has 3 rings (SSSR count). The number of fused-ring (bicyclic) bond motifs is 1. The van der Waals surface area contributed by atoms with E-state index < -0.39 is 12.1 Å². The van der Waals surface area contributed by atoms with Crippen LogP contribution < -0.4 is 5.73 Å². The maximum absolute atomic E-state index is 10.5. The molecule has 0 unspecified atom stereocenters. The zero-order valence-corrected chi connectivity index (χ0v) is 14.0. The van der Waals surface area contributed by atoms with Gasteiger partial charge in [-0.05, 0) is 34.4 Å². The second kappa shape index (κ2) is 7.60. The van der Waals surface area contributed by atoms with Gasteiger partial charge >= 0.3 is 0 Å². The highest BCUT2D eigenvalue weighted by atomic mass is 35.5. The number of benzene rings is 3. The van der Waals surface area contributed by atoms with Gasteiger partial charge in [0.25, 0.3) is 0 Å². The molecule has 0 fully saturated rings. The Morgan fingerprint density at radius 2 is 1.48 bits per heavy atom. The van der Waals surface area contributed by atoms with Crippen LogP contribution in [0.15, 0.2) is 66.7 Å². The van der Waals surface area contributed by atoms with E-state index in [-0.39, 0.29) is 12.4 Å². The van der Waals surface area contributed by atoms with Crippen molar-refractivity contribution < 1.29 is 5.11 Å². The van der Waals surface area contributed by atoms with Crippen molar-refractivity contribution >= 4 is 23.2 Å². The van der Waals surface area contributed by atoms with Crippen molar-refractivity contribution in [1.29, 1.82) is 0 Å². The zero-order chi connectivity index (χ0) is 15.5. The minimum Gasteiger partial charge on any atom is -0.391 e. The second-order valence-corrected chi connectivity index (χ2v) is 5.80. The Morgan fingerprint density at radius 1 is 0.870 bits per heavy atom. The highest BCUT2D eigenvalue weighted by Crippen LogP contribution is 2.28. The summed E-state index contributed by atoms with van der Waals surface area (Å²) in [4.78, 5) is 0. The van der Waals surface area contributed by atoms with E-state index in [1.165, 1.54) is 10.9 Å². The van der Waals surface area contributed by atoms with E-state index in [0.717, 1.165) is 16.5 Å². The molecule has 2 nitrogen and oxygen atoms in total. The molecule has 0 radical (unpaired) electrons. The molecular weight excluding hydrogens is 306 g/mol. The van der Waals surface area contributed by atoms with Crippen LogP contribution in [0.2, 0.25) is 0 Å². The molecule has 120 valence electrons. The molecule has 3 aromatic carbocycles. The highest BCUT2D eigenvalue weighted by Gasteiger charge is 2.19. The topological polar surface area (TPSA) is 46.2 Å². The van der Waals surface area contributed by atoms with Crippen LogP contribution in [0.25, 0.3) is 10.8 Å². The molecule has 0 saturated carbocycles. The summed E-state index contributed by atoms with van der Waals surface area (Å²) in [5, 5.41) is 12.9. The number of aliphatic hydroxyl groups is 1. The first-order valence-electron chi connectivity index (χ1n) is 7.62. The second-order valence-electron chi connectivity index (χ2n) is 5.80. The number of rotatable bonds is 4. The van der Waals surface area contributed by atoms with Gasteiger partial charge in [-0.1, -0.05) is 66.7 Å². The number of aryl methyl sites for hydroxylation is 1. The number of aliphatic hydroxyl groups excluding tert-OH is 1. The lowest BCUT2D eigenvalue weighted by molar-refractivity contribution is 0.145. The summed E-state index contributed by atoms with van der Waals surface area (Å²) in [6.07, 6.45) is -0.0435. The van der Waals surface area contributed by atoms with Crippen LogP contribution in [0, 0.1) is 6.92 Å². The lowest BCUT2D eigenvalue weighted by atomic mass is 9.91. The first kappa shape index (κ1) is 17.5. The van der Waals surface area contributed by atoms with Crippen molar-refractivity contribution in [3.05, 3.63) is 83.4 Å². The summed E-state index contributed by atoms with van der Waals surface area (Å²) in [5.74, 6) is 0. The van der Waals surface area contributed by atoms with E-state index in [2.05, 4.69) is 25.1 Å². The first-order valence-corrected chi connectivity index (χ1v) is 7.62. The van der Waals surface area contributed by atoms with Gasteiger partial charge in [-0.25, -0.2) is 0 Å². The summed E-state index contributed by atoms with van der Waals surface area (Å²) < 4.78 is 0. The fraction of sp³-hybridized carbons (Fsp3) is 0.200. The third-order valence-corrected chi connectivity index (χ3v) is 4.24. The Hall–Kier alpha value is -1.87. The third-order valence-electron chi connectivity index (χ3n) is 4.24. The maximum Gasteiger partial charge on any atom is 0.0773 e. The Labute approximate surface area is 143 Å². The third kappa shape index (κ3) is 3.73. The molecule has 0 amide bonds. The molecule has 0 aliphatic heterocycles. The summed E-state index contributed by atoms with van der Waals surface area (Å²) in [6.45, 7) is 2.10. The van der Waals surface area contributed by atoms with E-state index in [1.54, 1.807) is 0 Å². The van der Waals surface area contributed by atoms with Crippen molar-refractivity contribution in [2.45, 2.75) is 25.5 Å². The van der Waals surface area contributed by atoms with Gasteiger partial charge in [-0.3, -0.25) is 0 Å². The molecule has 3 heteroatoms. The van der Waals surface area contributed by atoms with Gasteiger partial charge in [0.15, 0.2) is 0 Å². The lowest BCUT2D eigenvalue weighted by Gasteiger charge is -2.21.